The number of piperidine rings is 1. The summed E-state index contributed by atoms with van der Waals surface area (Å²) in [4.78, 5) is 30.8. The SMILES string of the molecule is COc1ccc([Si](C)(C)[C@@H]2[C@@H](CCn3cc(C(CO)c4ccccc4)nn3)O[C@]3(C(=O)N(Cc4ccccc4)c4ccc(NC(=O)C5CCCNC5)cc43)[C@H]2C)cc1. The Hall–Kier alpha value is -5.14. The first kappa shape index (κ1) is 39.7. The molecule has 302 valence electrons. The molecule has 6 atom stereocenters. The van der Waals surface area contributed by atoms with Gasteiger partial charge in [-0.05, 0) is 72.8 Å². The minimum Gasteiger partial charge on any atom is -0.497 e. The summed E-state index contributed by atoms with van der Waals surface area (Å²) in [6.07, 6.45) is 3.99. The summed E-state index contributed by atoms with van der Waals surface area (Å²) in [6, 6.07) is 34.2. The number of carbonyl (C=O) groups excluding carboxylic acids is 2. The fourth-order valence-corrected chi connectivity index (χ4v) is 13.9. The number of aliphatic hydroxyl groups is 1. The van der Waals surface area contributed by atoms with Gasteiger partial charge in [-0.15, -0.1) is 5.10 Å². The highest BCUT2D eigenvalue weighted by Gasteiger charge is 2.66. The molecule has 8 rings (SSSR count). The van der Waals surface area contributed by atoms with Crippen LogP contribution in [0.25, 0.3) is 0 Å². The predicted octanol–water partition coefficient (Wildman–Crippen LogP) is 6.20. The Labute approximate surface area is 341 Å². The minimum atomic E-state index is -2.42. The van der Waals surface area contributed by atoms with Gasteiger partial charge < -0.3 is 30.1 Å². The number of aliphatic hydroxyl groups excluding tert-OH is 1. The Bertz CT molecular complexity index is 2210. The van der Waals surface area contributed by atoms with Crippen molar-refractivity contribution in [3.05, 3.63) is 132 Å². The van der Waals surface area contributed by atoms with Crippen LogP contribution in [0.1, 0.15) is 54.5 Å². The first-order valence-corrected chi connectivity index (χ1v) is 23.6. The van der Waals surface area contributed by atoms with Gasteiger partial charge in [0.05, 0.1) is 57.7 Å². The maximum absolute atomic E-state index is 15.4. The summed E-state index contributed by atoms with van der Waals surface area (Å²) >= 11 is 0. The Balaban J connectivity index is 1.17. The first-order chi connectivity index (χ1) is 28.1. The number of fused-ring (bicyclic) bond motifs is 2. The van der Waals surface area contributed by atoms with Gasteiger partial charge in [0.1, 0.15) is 5.75 Å². The van der Waals surface area contributed by atoms with Crippen LogP contribution in [-0.2, 0) is 33.0 Å². The number of nitrogens with one attached hydrogen (secondary N) is 2. The quantitative estimate of drug-likeness (QED) is 0.120. The van der Waals surface area contributed by atoms with E-state index in [2.05, 4.69) is 53.1 Å². The zero-order valence-electron chi connectivity index (χ0n) is 33.8. The summed E-state index contributed by atoms with van der Waals surface area (Å²) < 4.78 is 14.8. The van der Waals surface area contributed by atoms with Crippen LogP contribution in [0.3, 0.4) is 0 Å². The highest BCUT2D eigenvalue weighted by Crippen LogP contribution is 2.60. The normalized spacial score (nSPS) is 23.5. The number of ether oxygens (including phenoxy) is 2. The Morgan fingerprint density at radius 1 is 1.05 bits per heavy atom. The Kier molecular flexibility index (Phi) is 11.4. The fraction of sp³-hybridized carbons (Fsp3) is 0.391. The molecule has 58 heavy (non-hydrogen) atoms. The smallest absolute Gasteiger partial charge is 0.264 e. The lowest BCUT2D eigenvalue weighted by molar-refractivity contribution is -0.146. The molecule has 0 radical (unpaired) electrons. The number of nitrogens with zero attached hydrogens (tertiary/aromatic N) is 4. The molecule has 2 saturated heterocycles. The molecule has 3 N–H and O–H groups in total. The lowest BCUT2D eigenvalue weighted by Gasteiger charge is -2.37. The van der Waals surface area contributed by atoms with Gasteiger partial charge >= 0.3 is 0 Å². The number of hydrogen-bond acceptors (Lipinski definition) is 8. The van der Waals surface area contributed by atoms with E-state index in [1.165, 1.54) is 5.19 Å². The average Bonchev–Trinajstić information content (AvgIpc) is 3.91. The van der Waals surface area contributed by atoms with E-state index < -0.39 is 13.7 Å². The number of aryl methyl sites for hydroxylation is 1. The van der Waals surface area contributed by atoms with Crippen molar-refractivity contribution in [1.82, 2.24) is 20.3 Å². The van der Waals surface area contributed by atoms with Crippen LogP contribution < -0.4 is 25.5 Å². The van der Waals surface area contributed by atoms with E-state index in [-0.39, 0.29) is 47.8 Å². The molecule has 0 saturated carbocycles. The van der Waals surface area contributed by atoms with Gasteiger partial charge in [0.15, 0.2) is 5.60 Å². The van der Waals surface area contributed by atoms with Crippen molar-refractivity contribution in [2.75, 3.05) is 37.0 Å². The summed E-state index contributed by atoms with van der Waals surface area (Å²) in [5.74, 6) is 0.0798. The van der Waals surface area contributed by atoms with Crippen LogP contribution in [0.15, 0.2) is 109 Å². The van der Waals surface area contributed by atoms with Crippen molar-refractivity contribution >= 4 is 36.4 Å². The Morgan fingerprint density at radius 2 is 1.79 bits per heavy atom. The molecule has 12 heteroatoms. The molecule has 3 aliphatic rings. The van der Waals surface area contributed by atoms with Gasteiger partial charge in [0.2, 0.25) is 5.91 Å². The fourth-order valence-electron chi connectivity index (χ4n) is 9.80. The zero-order chi connectivity index (χ0) is 40.4. The van der Waals surface area contributed by atoms with E-state index in [0.717, 1.165) is 47.5 Å². The van der Waals surface area contributed by atoms with Crippen LogP contribution in [0, 0.1) is 11.8 Å². The van der Waals surface area contributed by atoms with Gasteiger partial charge in [-0.1, -0.05) is 103 Å². The van der Waals surface area contributed by atoms with Crippen molar-refractivity contribution in [3.63, 3.8) is 0 Å². The zero-order valence-corrected chi connectivity index (χ0v) is 34.8. The molecule has 2 amide bonds. The highest BCUT2D eigenvalue weighted by atomic mass is 28.3. The molecule has 4 aromatic carbocycles. The van der Waals surface area contributed by atoms with Crippen LogP contribution in [-0.4, -0.2) is 72.9 Å². The maximum atomic E-state index is 15.4. The second kappa shape index (κ2) is 16.6. The number of hydrogen-bond donors (Lipinski definition) is 3. The monoisotopic (exact) mass is 798 g/mol. The van der Waals surface area contributed by atoms with Crippen molar-refractivity contribution in [2.24, 2.45) is 11.8 Å². The predicted molar refractivity (Wildman–Crippen MR) is 228 cm³/mol. The molecule has 4 heterocycles. The number of rotatable bonds is 13. The van der Waals surface area contributed by atoms with Gasteiger partial charge in [0.25, 0.3) is 5.91 Å². The molecular weight excluding hydrogens is 745 g/mol. The van der Waals surface area contributed by atoms with E-state index in [0.29, 0.717) is 37.4 Å². The third-order valence-corrected chi connectivity index (χ3v) is 17.3. The Morgan fingerprint density at radius 3 is 2.48 bits per heavy atom. The molecular formula is C46H54N6O5Si. The molecule has 1 aromatic heterocycles. The lowest BCUT2D eigenvalue weighted by atomic mass is 9.82. The van der Waals surface area contributed by atoms with Gasteiger partial charge in [-0.25, -0.2) is 0 Å². The molecule has 5 aromatic rings. The first-order valence-electron chi connectivity index (χ1n) is 20.5. The number of amides is 2. The summed E-state index contributed by atoms with van der Waals surface area (Å²) in [5, 5.41) is 27.2. The van der Waals surface area contributed by atoms with E-state index in [9.17, 15) is 9.90 Å². The molecule has 2 fully saturated rings. The summed E-state index contributed by atoms with van der Waals surface area (Å²) in [7, 11) is -0.742. The number of benzene rings is 4. The number of aromatic nitrogens is 3. The number of anilines is 2. The van der Waals surface area contributed by atoms with Crippen LogP contribution >= 0.6 is 0 Å². The van der Waals surface area contributed by atoms with Crippen molar-refractivity contribution in [3.8, 4) is 5.75 Å². The second-order valence-corrected chi connectivity index (χ2v) is 21.3. The van der Waals surface area contributed by atoms with E-state index >= 15 is 4.79 Å². The number of carbonyl (C=O) groups is 2. The highest BCUT2D eigenvalue weighted by molar-refractivity contribution is 6.91. The summed E-state index contributed by atoms with van der Waals surface area (Å²) in [5.41, 5.74) is 3.69. The van der Waals surface area contributed by atoms with E-state index in [4.69, 9.17) is 9.47 Å². The molecule has 1 spiro atoms. The van der Waals surface area contributed by atoms with E-state index in [1.54, 1.807) is 7.11 Å². The maximum Gasteiger partial charge on any atom is 0.264 e. The van der Waals surface area contributed by atoms with Crippen molar-refractivity contribution in [2.45, 2.75) is 75.5 Å². The van der Waals surface area contributed by atoms with Crippen molar-refractivity contribution in [1.29, 1.82) is 0 Å². The minimum absolute atomic E-state index is 0.0124. The van der Waals surface area contributed by atoms with Crippen LogP contribution in [0.4, 0.5) is 11.4 Å². The standard InChI is InChI=1S/C46H54N6O5Si/c1-31-43(58(3,4)37-20-18-36(56-2)19-21-37)42(23-25-51-29-40(49-50-51)38(30-53)33-14-9-6-10-15-33)57-46(31)39-26-35(48-44(54)34-16-11-24-47-27-34)17-22-41(39)52(45(46)55)28-32-12-7-5-8-13-32/h5-10,12-15,17-22,26,29,31,34,38,42-43,47,53H,11,16,23-25,27-28,30H2,1-4H3,(H,48,54)/t31-,34?,38?,42+,43-,46+/m0/s1. The van der Waals surface area contributed by atoms with Crippen molar-refractivity contribution < 1.29 is 24.2 Å². The molecule has 11 nitrogen and oxygen atoms in total. The largest absolute Gasteiger partial charge is 0.497 e. The third-order valence-electron chi connectivity index (χ3n) is 12.9. The molecule has 0 bridgehead atoms. The van der Waals surface area contributed by atoms with Gasteiger partial charge in [0, 0.05) is 36.5 Å². The van der Waals surface area contributed by atoms with Gasteiger partial charge in [-0.3, -0.25) is 14.3 Å². The average molecular weight is 799 g/mol. The topological polar surface area (TPSA) is 131 Å². The molecule has 0 aliphatic carbocycles. The summed E-state index contributed by atoms with van der Waals surface area (Å²) in [6.45, 7) is 9.34. The van der Waals surface area contributed by atoms with E-state index in [1.807, 2.05) is 107 Å². The third kappa shape index (κ3) is 7.38. The number of methoxy groups -OCH3 is 1. The van der Waals surface area contributed by atoms with Gasteiger partial charge in [-0.2, -0.15) is 0 Å². The second-order valence-electron chi connectivity index (χ2n) is 16.6. The molecule has 3 aliphatic heterocycles. The van der Waals surface area contributed by atoms with Crippen LogP contribution in [0.2, 0.25) is 18.6 Å². The molecule has 2 unspecified atom stereocenters. The lowest BCUT2D eigenvalue weighted by Crippen LogP contribution is -2.51. The van der Waals surface area contributed by atoms with Crippen LogP contribution in [0.5, 0.6) is 5.75 Å².